The van der Waals surface area contributed by atoms with Gasteiger partial charge < -0.3 is 15.4 Å². The molecule has 1 rings (SSSR count). The number of ether oxygens (including phenoxy) is 1. The largest absolute Gasteiger partial charge is 0.383 e. The maximum atomic E-state index is 11.4. The highest BCUT2D eigenvalue weighted by Crippen LogP contribution is 2.09. The summed E-state index contributed by atoms with van der Waals surface area (Å²) in [5.41, 5.74) is 1.21. The van der Waals surface area contributed by atoms with E-state index in [4.69, 9.17) is 4.74 Å². The lowest BCUT2D eigenvalue weighted by Gasteiger charge is -2.06. The van der Waals surface area contributed by atoms with E-state index in [1.165, 1.54) is 5.56 Å². The monoisotopic (exact) mass is 314 g/mol. The number of nitrogens with one attached hydrogen (secondary N) is 2. The first-order chi connectivity index (χ1) is 8.72. The molecule has 0 saturated heterocycles. The standard InChI is InChI=1S/C13H19BrN2O2/c1-18-9-8-16-13(17)6-7-15-10-11-2-4-12(14)5-3-11/h2-5,15H,6-10H2,1H3,(H,16,17). The van der Waals surface area contributed by atoms with E-state index >= 15 is 0 Å². The Kier molecular flexibility index (Phi) is 7.64. The van der Waals surface area contributed by atoms with Crippen molar-refractivity contribution in [2.75, 3.05) is 26.8 Å². The number of benzene rings is 1. The Bertz CT molecular complexity index is 355. The lowest BCUT2D eigenvalue weighted by atomic mass is 10.2. The molecule has 0 aromatic heterocycles. The second-order valence-electron chi connectivity index (χ2n) is 3.90. The Morgan fingerprint density at radius 3 is 2.67 bits per heavy atom. The van der Waals surface area contributed by atoms with E-state index in [0.29, 0.717) is 26.1 Å². The van der Waals surface area contributed by atoms with E-state index in [1.807, 2.05) is 12.1 Å². The predicted molar refractivity (Wildman–Crippen MR) is 75.4 cm³/mol. The highest BCUT2D eigenvalue weighted by Gasteiger charge is 1.99. The van der Waals surface area contributed by atoms with Crippen LogP contribution in [0, 0.1) is 0 Å². The van der Waals surface area contributed by atoms with Gasteiger partial charge in [-0.15, -0.1) is 0 Å². The molecule has 1 aromatic rings. The quantitative estimate of drug-likeness (QED) is 0.718. The van der Waals surface area contributed by atoms with Crippen molar-refractivity contribution in [3.63, 3.8) is 0 Å². The number of amides is 1. The van der Waals surface area contributed by atoms with Gasteiger partial charge in [0.05, 0.1) is 6.61 Å². The van der Waals surface area contributed by atoms with Crippen molar-refractivity contribution in [2.45, 2.75) is 13.0 Å². The molecule has 0 atom stereocenters. The van der Waals surface area contributed by atoms with Crippen LogP contribution in [0.15, 0.2) is 28.7 Å². The van der Waals surface area contributed by atoms with E-state index in [9.17, 15) is 4.79 Å². The molecule has 5 heteroatoms. The first-order valence-electron chi connectivity index (χ1n) is 5.93. The molecule has 0 heterocycles. The molecule has 0 aliphatic carbocycles. The van der Waals surface area contributed by atoms with Gasteiger partial charge in [-0.3, -0.25) is 4.79 Å². The van der Waals surface area contributed by atoms with Crippen molar-refractivity contribution in [2.24, 2.45) is 0 Å². The maximum absolute atomic E-state index is 11.4. The smallest absolute Gasteiger partial charge is 0.221 e. The topological polar surface area (TPSA) is 50.4 Å². The number of hydrogen-bond acceptors (Lipinski definition) is 3. The number of carbonyl (C=O) groups is 1. The molecule has 2 N–H and O–H groups in total. The molecule has 0 aliphatic heterocycles. The van der Waals surface area contributed by atoms with Gasteiger partial charge in [0.25, 0.3) is 0 Å². The summed E-state index contributed by atoms with van der Waals surface area (Å²) in [5.74, 6) is 0.0513. The van der Waals surface area contributed by atoms with Crippen LogP contribution in [0.4, 0.5) is 0 Å². The van der Waals surface area contributed by atoms with Crippen molar-refractivity contribution in [1.29, 1.82) is 0 Å². The summed E-state index contributed by atoms with van der Waals surface area (Å²) < 4.78 is 5.92. The molecule has 0 fully saturated rings. The summed E-state index contributed by atoms with van der Waals surface area (Å²) in [7, 11) is 1.62. The summed E-state index contributed by atoms with van der Waals surface area (Å²) in [6, 6.07) is 8.12. The van der Waals surface area contributed by atoms with Crippen molar-refractivity contribution in [1.82, 2.24) is 10.6 Å². The van der Waals surface area contributed by atoms with Crippen molar-refractivity contribution >= 4 is 21.8 Å². The van der Waals surface area contributed by atoms with E-state index in [0.717, 1.165) is 11.0 Å². The Labute approximate surface area is 116 Å². The zero-order valence-electron chi connectivity index (χ0n) is 10.5. The Morgan fingerprint density at radius 1 is 1.28 bits per heavy atom. The van der Waals surface area contributed by atoms with Crippen LogP contribution in [0.1, 0.15) is 12.0 Å². The minimum Gasteiger partial charge on any atom is -0.383 e. The normalized spacial score (nSPS) is 10.3. The fourth-order valence-corrected chi connectivity index (χ4v) is 1.68. The Balaban J connectivity index is 2.07. The summed E-state index contributed by atoms with van der Waals surface area (Å²) in [5, 5.41) is 6.01. The van der Waals surface area contributed by atoms with E-state index < -0.39 is 0 Å². The van der Waals surface area contributed by atoms with E-state index in [2.05, 4.69) is 38.7 Å². The van der Waals surface area contributed by atoms with Gasteiger partial charge in [-0.1, -0.05) is 28.1 Å². The fraction of sp³-hybridized carbons (Fsp3) is 0.462. The fourth-order valence-electron chi connectivity index (χ4n) is 1.42. The number of carbonyl (C=O) groups excluding carboxylic acids is 1. The van der Waals surface area contributed by atoms with Crippen molar-refractivity contribution in [3.05, 3.63) is 34.3 Å². The summed E-state index contributed by atoms with van der Waals surface area (Å²) in [6.07, 6.45) is 0.486. The SMILES string of the molecule is COCCNC(=O)CCNCc1ccc(Br)cc1. The van der Waals surface area contributed by atoms with E-state index in [-0.39, 0.29) is 5.91 Å². The maximum Gasteiger partial charge on any atom is 0.221 e. The molecular weight excluding hydrogens is 296 g/mol. The van der Waals surface area contributed by atoms with Gasteiger partial charge in [0.15, 0.2) is 0 Å². The van der Waals surface area contributed by atoms with E-state index in [1.54, 1.807) is 7.11 Å². The van der Waals surface area contributed by atoms with Crippen LogP contribution in [0.3, 0.4) is 0 Å². The molecule has 0 saturated carbocycles. The molecule has 0 bridgehead atoms. The summed E-state index contributed by atoms with van der Waals surface area (Å²) in [4.78, 5) is 11.4. The van der Waals surface area contributed by atoms with Crippen LogP contribution in [0.2, 0.25) is 0 Å². The lowest BCUT2D eigenvalue weighted by molar-refractivity contribution is -0.121. The molecule has 100 valence electrons. The zero-order valence-corrected chi connectivity index (χ0v) is 12.1. The minimum atomic E-state index is 0.0513. The molecule has 0 aliphatic rings. The van der Waals surface area contributed by atoms with Crippen LogP contribution in [-0.2, 0) is 16.1 Å². The Morgan fingerprint density at radius 2 is 2.00 bits per heavy atom. The Hall–Kier alpha value is -0.910. The van der Waals surface area contributed by atoms with Gasteiger partial charge >= 0.3 is 0 Å². The van der Waals surface area contributed by atoms with Crippen molar-refractivity contribution in [3.8, 4) is 0 Å². The van der Waals surface area contributed by atoms with Gasteiger partial charge in [0.1, 0.15) is 0 Å². The summed E-state index contributed by atoms with van der Waals surface area (Å²) in [6.45, 7) is 2.58. The second-order valence-corrected chi connectivity index (χ2v) is 4.81. The van der Waals surface area contributed by atoms with Crippen LogP contribution in [0.5, 0.6) is 0 Å². The third kappa shape index (κ3) is 6.74. The van der Waals surface area contributed by atoms with Gasteiger partial charge in [-0.25, -0.2) is 0 Å². The first-order valence-corrected chi connectivity index (χ1v) is 6.72. The highest BCUT2D eigenvalue weighted by molar-refractivity contribution is 9.10. The average Bonchev–Trinajstić information content (AvgIpc) is 2.37. The average molecular weight is 315 g/mol. The van der Waals surface area contributed by atoms with Crippen LogP contribution in [-0.4, -0.2) is 32.7 Å². The second kappa shape index (κ2) is 9.08. The highest BCUT2D eigenvalue weighted by atomic mass is 79.9. The molecular formula is C13H19BrN2O2. The van der Waals surface area contributed by atoms with Crippen LogP contribution < -0.4 is 10.6 Å². The zero-order chi connectivity index (χ0) is 13.2. The molecule has 1 amide bonds. The molecule has 0 spiro atoms. The van der Waals surface area contributed by atoms with Crippen molar-refractivity contribution < 1.29 is 9.53 Å². The molecule has 18 heavy (non-hydrogen) atoms. The number of rotatable bonds is 8. The van der Waals surface area contributed by atoms with Gasteiger partial charge in [-0.05, 0) is 17.7 Å². The van der Waals surface area contributed by atoms with Gasteiger partial charge in [-0.2, -0.15) is 0 Å². The minimum absolute atomic E-state index is 0.0513. The van der Waals surface area contributed by atoms with Gasteiger partial charge in [0.2, 0.25) is 5.91 Å². The first kappa shape index (κ1) is 15.1. The summed E-state index contributed by atoms with van der Waals surface area (Å²) >= 11 is 3.39. The number of halogens is 1. The molecule has 0 unspecified atom stereocenters. The third-order valence-corrected chi connectivity index (χ3v) is 2.93. The predicted octanol–water partition coefficient (Wildman–Crippen LogP) is 1.69. The molecule has 4 nitrogen and oxygen atoms in total. The molecule has 0 radical (unpaired) electrons. The van der Waals surface area contributed by atoms with Crippen LogP contribution in [0.25, 0.3) is 0 Å². The lowest BCUT2D eigenvalue weighted by Crippen LogP contribution is -2.29. The number of hydrogen-bond donors (Lipinski definition) is 2. The van der Waals surface area contributed by atoms with Crippen LogP contribution >= 0.6 is 15.9 Å². The third-order valence-electron chi connectivity index (χ3n) is 2.40. The van der Waals surface area contributed by atoms with Gasteiger partial charge in [0, 0.05) is 37.6 Å². The number of methoxy groups -OCH3 is 1. The molecule has 1 aromatic carbocycles.